The minimum atomic E-state index is -4.82. The van der Waals surface area contributed by atoms with Gasteiger partial charge in [0.2, 0.25) is 0 Å². The number of alkyl halides is 3. The van der Waals surface area contributed by atoms with Crippen LogP contribution in [0, 0.1) is 11.3 Å². The summed E-state index contributed by atoms with van der Waals surface area (Å²) in [6.07, 6.45) is -1.56. The van der Waals surface area contributed by atoms with E-state index in [1.807, 2.05) is 6.07 Å². The van der Waals surface area contributed by atoms with Crippen LogP contribution < -0.4 is 10.1 Å². The molecule has 150 valence electrons. The molecule has 0 fully saturated rings. The van der Waals surface area contributed by atoms with Crippen molar-refractivity contribution in [1.29, 1.82) is 5.26 Å². The van der Waals surface area contributed by atoms with Crippen LogP contribution in [0.5, 0.6) is 5.75 Å². The molecule has 3 rings (SSSR count). The van der Waals surface area contributed by atoms with E-state index in [1.54, 1.807) is 18.5 Å². The van der Waals surface area contributed by atoms with Gasteiger partial charge < -0.3 is 10.1 Å². The number of amides is 1. The van der Waals surface area contributed by atoms with Gasteiger partial charge in [0, 0.05) is 16.2 Å². The Morgan fingerprint density at radius 1 is 1.31 bits per heavy atom. The van der Waals surface area contributed by atoms with Gasteiger partial charge in [-0.15, -0.1) is 13.2 Å². The summed E-state index contributed by atoms with van der Waals surface area (Å²) >= 11 is 3.30. The number of fused-ring (bicyclic) bond motifs is 1. The zero-order chi connectivity index (χ0) is 21.2. The largest absolute Gasteiger partial charge is 0.573 e. The summed E-state index contributed by atoms with van der Waals surface area (Å²) in [7, 11) is 0. The molecule has 0 aliphatic carbocycles. The van der Waals surface area contributed by atoms with E-state index in [0.717, 1.165) is 16.6 Å². The van der Waals surface area contributed by atoms with E-state index in [9.17, 15) is 23.2 Å². The maximum Gasteiger partial charge on any atom is 0.573 e. The second-order valence-corrected chi connectivity index (χ2v) is 7.27. The van der Waals surface area contributed by atoms with Crippen molar-refractivity contribution in [1.82, 2.24) is 20.1 Å². The first-order valence-corrected chi connectivity index (χ1v) is 8.94. The molecule has 29 heavy (non-hydrogen) atoms. The van der Waals surface area contributed by atoms with Crippen LogP contribution in [0.15, 0.2) is 47.2 Å². The van der Waals surface area contributed by atoms with Crippen LogP contribution in [-0.2, 0) is 6.54 Å². The van der Waals surface area contributed by atoms with Crippen LogP contribution in [0.4, 0.5) is 13.2 Å². The molecule has 0 radical (unpaired) electrons. The normalized spacial score (nSPS) is 13.5. The van der Waals surface area contributed by atoms with E-state index in [2.05, 4.69) is 36.1 Å². The van der Waals surface area contributed by atoms with Crippen LogP contribution in [0.1, 0.15) is 17.3 Å². The molecule has 0 saturated heterocycles. The third-order valence-electron chi connectivity index (χ3n) is 3.84. The van der Waals surface area contributed by atoms with Gasteiger partial charge in [0.05, 0.1) is 18.8 Å². The summed E-state index contributed by atoms with van der Waals surface area (Å²) in [5.74, 6) is -1.07. The Morgan fingerprint density at radius 3 is 2.62 bits per heavy atom. The second-order valence-electron chi connectivity index (χ2n) is 6.35. The monoisotopic (exact) mass is 467 g/mol. The molecule has 7 nitrogen and oxygen atoms in total. The molecule has 3 aromatic rings. The fourth-order valence-corrected chi connectivity index (χ4v) is 2.88. The molecule has 1 N–H and O–H groups in total. The predicted octanol–water partition coefficient (Wildman–Crippen LogP) is 3.80. The number of rotatable bonds is 5. The van der Waals surface area contributed by atoms with Gasteiger partial charge in [-0.1, -0.05) is 0 Å². The van der Waals surface area contributed by atoms with Gasteiger partial charge in [-0.05, 0) is 53.2 Å². The number of carbonyl (C=O) groups excluding carboxylic acids is 1. The number of benzene rings is 1. The lowest BCUT2D eigenvalue weighted by Gasteiger charge is -2.23. The Balaban J connectivity index is 1.73. The van der Waals surface area contributed by atoms with Crippen LogP contribution in [0.3, 0.4) is 0 Å². The standard InChI is InChI=1S/C18H13BrF3N5O2/c1-17(9-23,10-27-8-15-14(26-27)6-12(19)7-24-15)25-16(28)11-2-4-13(5-3-11)29-18(20,21)22/h2-8H,10H2,1H3,(H,25,28)/t17-/m0/s1. The molecule has 1 amide bonds. The van der Waals surface area contributed by atoms with Crippen molar-refractivity contribution in [3.63, 3.8) is 0 Å². The fourth-order valence-electron chi connectivity index (χ4n) is 2.57. The highest BCUT2D eigenvalue weighted by Crippen LogP contribution is 2.23. The van der Waals surface area contributed by atoms with E-state index in [1.165, 1.54) is 23.7 Å². The smallest absolute Gasteiger partial charge is 0.406 e. The molecule has 0 aliphatic rings. The van der Waals surface area contributed by atoms with Crippen molar-refractivity contribution in [2.45, 2.75) is 25.4 Å². The lowest BCUT2D eigenvalue weighted by Crippen LogP contribution is -2.48. The highest BCUT2D eigenvalue weighted by atomic mass is 79.9. The summed E-state index contributed by atoms with van der Waals surface area (Å²) in [6.45, 7) is 1.56. The van der Waals surface area contributed by atoms with E-state index in [0.29, 0.717) is 11.0 Å². The van der Waals surface area contributed by atoms with Gasteiger partial charge in [-0.3, -0.25) is 14.5 Å². The average molecular weight is 468 g/mol. The summed E-state index contributed by atoms with van der Waals surface area (Å²) < 4.78 is 42.7. The number of pyridine rings is 1. The number of ether oxygens (including phenoxy) is 1. The Bertz CT molecular complexity index is 1090. The van der Waals surface area contributed by atoms with Gasteiger partial charge >= 0.3 is 6.36 Å². The lowest BCUT2D eigenvalue weighted by molar-refractivity contribution is -0.274. The van der Waals surface area contributed by atoms with Gasteiger partial charge in [0.1, 0.15) is 22.3 Å². The van der Waals surface area contributed by atoms with Crippen LogP contribution in [-0.4, -0.2) is 32.6 Å². The van der Waals surface area contributed by atoms with Crippen molar-refractivity contribution in [3.8, 4) is 11.8 Å². The predicted molar refractivity (Wildman–Crippen MR) is 99.8 cm³/mol. The maximum atomic E-state index is 12.4. The van der Waals surface area contributed by atoms with Crippen LogP contribution in [0.25, 0.3) is 11.0 Å². The Labute approximate surface area is 171 Å². The zero-order valence-electron chi connectivity index (χ0n) is 14.9. The van der Waals surface area contributed by atoms with Crippen LogP contribution >= 0.6 is 15.9 Å². The molecule has 0 spiro atoms. The molecule has 1 aromatic carbocycles. The zero-order valence-corrected chi connectivity index (χ0v) is 16.5. The molecular weight excluding hydrogens is 455 g/mol. The van der Waals surface area contributed by atoms with Gasteiger partial charge in [0.25, 0.3) is 5.91 Å². The third kappa shape index (κ3) is 5.23. The molecule has 0 bridgehead atoms. The first-order valence-electron chi connectivity index (χ1n) is 8.15. The van der Waals surface area contributed by atoms with Crippen molar-refractivity contribution >= 4 is 32.9 Å². The minimum absolute atomic E-state index is 0.0402. The van der Waals surface area contributed by atoms with Gasteiger partial charge in [0.15, 0.2) is 0 Å². The van der Waals surface area contributed by atoms with Crippen molar-refractivity contribution in [2.24, 2.45) is 0 Å². The number of hydrogen-bond donors (Lipinski definition) is 1. The topological polar surface area (TPSA) is 92.8 Å². The van der Waals surface area contributed by atoms with E-state index in [-0.39, 0.29) is 12.1 Å². The highest BCUT2D eigenvalue weighted by Gasteiger charge is 2.31. The molecule has 1 atom stereocenters. The summed E-state index contributed by atoms with van der Waals surface area (Å²) in [5.41, 5.74) is 0.000795. The number of halogens is 4. The molecule has 2 aromatic heterocycles. The summed E-state index contributed by atoms with van der Waals surface area (Å²) in [4.78, 5) is 16.7. The van der Waals surface area contributed by atoms with E-state index in [4.69, 9.17) is 0 Å². The molecule has 0 unspecified atom stereocenters. The Hall–Kier alpha value is -3.13. The van der Waals surface area contributed by atoms with Crippen molar-refractivity contribution in [3.05, 3.63) is 52.8 Å². The summed E-state index contributed by atoms with van der Waals surface area (Å²) in [6, 6.07) is 8.20. The Kier molecular flexibility index (Phi) is 5.48. The maximum absolute atomic E-state index is 12.4. The molecular formula is C18H13BrF3N5O2. The number of nitriles is 1. The third-order valence-corrected chi connectivity index (χ3v) is 4.27. The average Bonchev–Trinajstić information content (AvgIpc) is 3.01. The lowest BCUT2D eigenvalue weighted by atomic mass is 10.0. The number of nitrogens with zero attached hydrogens (tertiary/aromatic N) is 4. The highest BCUT2D eigenvalue weighted by molar-refractivity contribution is 9.10. The SMILES string of the molecule is C[C@](C#N)(Cn1cc2ncc(Br)cc2n1)NC(=O)c1ccc(OC(F)(F)F)cc1. The fraction of sp³-hybridized carbons (Fsp3) is 0.222. The van der Waals surface area contributed by atoms with Gasteiger partial charge in [-0.25, -0.2) is 0 Å². The minimum Gasteiger partial charge on any atom is -0.406 e. The molecule has 11 heteroatoms. The molecule has 0 saturated carbocycles. The number of aromatic nitrogens is 3. The first kappa shape index (κ1) is 20.6. The Morgan fingerprint density at radius 2 is 2.00 bits per heavy atom. The quantitative estimate of drug-likeness (QED) is 0.615. The van der Waals surface area contributed by atoms with E-state index >= 15 is 0 Å². The number of carbonyl (C=O) groups is 1. The van der Waals surface area contributed by atoms with Crippen molar-refractivity contribution in [2.75, 3.05) is 0 Å². The summed E-state index contributed by atoms with van der Waals surface area (Å²) in [5, 5.41) is 16.5. The molecule has 2 heterocycles. The second kappa shape index (κ2) is 7.71. The first-order chi connectivity index (χ1) is 13.6. The molecule has 0 aliphatic heterocycles. The number of nitrogens with one attached hydrogen (secondary N) is 1. The van der Waals surface area contributed by atoms with E-state index < -0.39 is 23.6 Å². The van der Waals surface area contributed by atoms with Crippen molar-refractivity contribution < 1.29 is 22.7 Å². The van der Waals surface area contributed by atoms with Crippen LogP contribution in [0.2, 0.25) is 0 Å². The number of hydrogen-bond acceptors (Lipinski definition) is 5. The van der Waals surface area contributed by atoms with Gasteiger partial charge in [-0.2, -0.15) is 10.4 Å².